The molecular formula is C15H22N2O3S2. The van der Waals surface area contributed by atoms with Crippen LogP contribution in [0.3, 0.4) is 0 Å². The van der Waals surface area contributed by atoms with Gasteiger partial charge in [-0.1, -0.05) is 12.1 Å². The van der Waals surface area contributed by atoms with Crippen molar-refractivity contribution in [2.75, 3.05) is 19.4 Å². The summed E-state index contributed by atoms with van der Waals surface area (Å²) in [6.07, 6.45) is 3.62. The topological polar surface area (TPSA) is 67.4 Å². The fraction of sp³-hybridized carbons (Fsp3) is 0.533. The first-order chi connectivity index (χ1) is 10.4. The van der Waals surface area contributed by atoms with E-state index in [4.69, 9.17) is 17.0 Å². The quantitative estimate of drug-likeness (QED) is 0.796. The predicted molar refractivity (Wildman–Crippen MR) is 90.7 cm³/mol. The van der Waals surface area contributed by atoms with Crippen molar-refractivity contribution in [1.29, 1.82) is 0 Å². The summed E-state index contributed by atoms with van der Waals surface area (Å²) in [5.74, 6) is 0. The normalized spacial score (nSPS) is 19.6. The molecular weight excluding hydrogens is 320 g/mol. The SMILES string of the molecule is C[C@@H](NC(=S)NC[C@H]1CCCO1)c1ccc(S(C)(=O)=O)cc1. The molecule has 7 heteroatoms. The Morgan fingerprint density at radius 1 is 1.41 bits per heavy atom. The van der Waals surface area contributed by atoms with Crippen LogP contribution in [0.15, 0.2) is 29.2 Å². The Bertz CT molecular complexity index is 608. The summed E-state index contributed by atoms with van der Waals surface area (Å²) in [5.41, 5.74) is 0.980. The van der Waals surface area contributed by atoms with Gasteiger partial charge in [0.25, 0.3) is 0 Å². The Morgan fingerprint density at radius 3 is 2.64 bits per heavy atom. The third-order valence-electron chi connectivity index (χ3n) is 3.67. The molecule has 1 saturated heterocycles. The number of rotatable bonds is 5. The third-order valence-corrected chi connectivity index (χ3v) is 5.06. The summed E-state index contributed by atoms with van der Waals surface area (Å²) >= 11 is 5.28. The predicted octanol–water partition coefficient (Wildman–Crippen LogP) is 1.79. The molecule has 22 heavy (non-hydrogen) atoms. The largest absolute Gasteiger partial charge is 0.376 e. The molecule has 1 aliphatic heterocycles. The molecule has 5 nitrogen and oxygen atoms in total. The first kappa shape index (κ1) is 17.2. The van der Waals surface area contributed by atoms with Gasteiger partial charge >= 0.3 is 0 Å². The van der Waals surface area contributed by atoms with Gasteiger partial charge in [0.15, 0.2) is 14.9 Å². The summed E-state index contributed by atoms with van der Waals surface area (Å²) < 4.78 is 28.4. The van der Waals surface area contributed by atoms with Crippen molar-refractivity contribution in [1.82, 2.24) is 10.6 Å². The van der Waals surface area contributed by atoms with Crippen LogP contribution >= 0.6 is 12.2 Å². The van der Waals surface area contributed by atoms with Gasteiger partial charge in [0.05, 0.1) is 17.0 Å². The van der Waals surface area contributed by atoms with Gasteiger partial charge in [-0.25, -0.2) is 8.42 Å². The van der Waals surface area contributed by atoms with E-state index in [0.29, 0.717) is 16.6 Å². The molecule has 122 valence electrons. The smallest absolute Gasteiger partial charge is 0.175 e. The van der Waals surface area contributed by atoms with Crippen LogP contribution in [-0.2, 0) is 14.6 Å². The van der Waals surface area contributed by atoms with Crippen molar-refractivity contribution < 1.29 is 13.2 Å². The molecule has 1 aliphatic rings. The summed E-state index contributed by atoms with van der Waals surface area (Å²) in [6.45, 7) is 3.52. The molecule has 2 atom stereocenters. The first-order valence-corrected chi connectivity index (χ1v) is 9.62. The molecule has 0 aliphatic carbocycles. The van der Waals surface area contributed by atoms with E-state index in [9.17, 15) is 8.42 Å². The number of thiocarbonyl (C=S) groups is 1. The molecule has 0 spiro atoms. The maximum absolute atomic E-state index is 11.4. The standard InChI is InChI=1S/C15H22N2O3S2/c1-11(12-5-7-14(8-6-12)22(2,18)19)17-15(21)16-10-13-4-3-9-20-13/h5-8,11,13H,3-4,9-10H2,1-2H3,(H2,16,17,21)/t11-,13-/m1/s1. The third kappa shape index (κ3) is 4.93. The Hall–Kier alpha value is -1.18. The average molecular weight is 342 g/mol. The van der Waals surface area contributed by atoms with E-state index in [1.165, 1.54) is 6.26 Å². The van der Waals surface area contributed by atoms with Gasteiger partial charge < -0.3 is 15.4 Å². The van der Waals surface area contributed by atoms with E-state index in [2.05, 4.69) is 10.6 Å². The zero-order valence-electron chi connectivity index (χ0n) is 12.8. The Kier molecular flexibility index (Phi) is 5.77. The highest BCUT2D eigenvalue weighted by atomic mass is 32.2. The number of benzene rings is 1. The minimum absolute atomic E-state index is 0.00175. The zero-order chi connectivity index (χ0) is 16.2. The van der Waals surface area contributed by atoms with Gasteiger partial charge in [0.2, 0.25) is 0 Å². The Morgan fingerprint density at radius 2 is 2.09 bits per heavy atom. The van der Waals surface area contributed by atoms with Crippen molar-refractivity contribution in [3.63, 3.8) is 0 Å². The van der Waals surface area contributed by atoms with Gasteiger partial charge in [-0.05, 0) is 49.7 Å². The van der Waals surface area contributed by atoms with Crippen LogP contribution in [0.2, 0.25) is 0 Å². The number of hydrogen-bond donors (Lipinski definition) is 2. The van der Waals surface area contributed by atoms with Crippen molar-refractivity contribution in [3.8, 4) is 0 Å². The molecule has 0 radical (unpaired) electrons. The van der Waals surface area contributed by atoms with Crippen molar-refractivity contribution >= 4 is 27.2 Å². The Balaban J connectivity index is 1.85. The van der Waals surface area contributed by atoms with Crippen LogP contribution in [0.25, 0.3) is 0 Å². The monoisotopic (exact) mass is 342 g/mol. The lowest BCUT2D eigenvalue weighted by Gasteiger charge is -2.19. The van der Waals surface area contributed by atoms with Crippen molar-refractivity contribution in [2.24, 2.45) is 0 Å². The maximum atomic E-state index is 11.4. The van der Waals surface area contributed by atoms with Crippen LogP contribution in [0.1, 0.15) is 31.4 Å². The van der Waals surface area contributed by atoms with E-state index in [1.54, 1.807) is 24.3 Å². The lowest BCUT2D eigenvalue weighted by molar-refractivity contribution is 0.114. The average Bonchev–Trinajstić information content (AvgIpc) is 2.97. The minimum Gasteiger partial charge on any atom is -0.376 e. The van der Waals surface area contributed by atoms with E-state index in [0.717, 1.165) is 25.0 Å². The summed E-state index contributed by atoms with van der Waals surface area (Å²) in [7, 11) is -3.16. The lowest BCUT2D eigenvalue weighted by atomic mass is 10.1. The van der Waals surface area contributed by atoms with E-state index < -0.39 is 9.84 Å². The van der Waals surface area contributed by atoms with Crippen molar-refractivity contribution in [2.45, 2.75) is 36.8 Å². The van der Waals surface area contributed by atoms with E-state index in [1.807, 2.05) is 6.92 Å². The highest BCUT2D eigenvalue weighted by Crippen LogP contribution is 2.16. The van der Waals surface area contributed by atoms with Crippen LogP contribution in [0, 0.1) is 0 Å². The highest BCUT2D eigenvalue weighted by molar-refractivity contribution is 7.90. The second-order valence-electron chi connectivity index (χ2n) is 5.55. The number of nitrogens with one attached hydrogen (secondary N) is 2. The van der Waals surface area contributed by atoms with Crippen LogP contribution in [0.4, 0.5) is 0 Å². The minimum atomic E-state index is -3.16. The second kappa shape index (κ2) is 7.39. The number of ether oxygens (including phenoxy) is 1. The summed E-state index contributed by atoms with van der Waals surface area (Å²) in [6, 6.07) is 6.84. The van der Waals surface area contributed by atoms with Crippen LogP contribution < -0.4 is 10.6 Å². The molecule has 1 heterocycles. The molecule has 2 N–H and O–H groups in total. The highest BCUT2D eigenvalue weighted by Gasteiger charge is 2.16. The molecule has 2 rings (SSSR count). The lowest BCUT2D eigenvalue weighted by Crippen LogP contribution is -2.40. The van der Waals surface area contributed by atoms with Gasteiger partial charge in [-0.15, -0.1) is 0 Å². The van der Waals surface area contributed by atoms with E-state index in [-0.39, 0.29) is 12.1 Å². The summed E-state index contributed by atoms with van der Waals surface area (Å²) in [5, 5.41) is 6.93. The fourth-order valence-corrected chi connectivity index (χ4v) is 3.24. The molecule has 0 saturated carbocycles. The van der Waals surface area contributed by atoms with Crippen LogP contribution in [-0.4, -0.2) is 39.0 Å². The number of hydrogen-bond acceptors (Lipinski definition) is 4. The maximum Gasteiger partial charge on any atom is 0.175 e. The molecule has 0 amide bonds. The Labute approximate surface area is 137 Å². The van der Waals surface area contributed by atoms with Gasteiger partial charge in [-0.2, -0.15) is 0 Å². The zero-order valence-corrected chi connectivity index (χ0v) is 14.5. The molecule has 1 aromatic rings. The molecule has 0 aromatic heterocycles. The summed E-state index contributed by atoms with van der Waals surface area (Å²) in [4.78, 5) is 0.322. The molecule has 0 unspecified atom stereocenters. The van der Waals surface area contributed by atoms with Gasteiger partial charge in [-0.3, -0.25) is 0 Å². The van der Waals surface area contributed by atoms with Crippen molar-refractivity contribution in [3.05, 3.63) is 29.8 Å². The number of sulfone groups is 1. The fourth-order valence-electron chi connectivity index (χ4n) is 2.35. The first-order valence-electron chi connectivity index (χ1n) is 7.32. The van der Waals surface area contributed by atoms with Crippen LogP contribution in [0.5, 0.6) is 0 Å². The molecule has 1 aromatic carbocycles. The molecule has 0 bridgehead atoms. The van der Waals surface area contributed by atoms with Gasteiger partial charge in [0, 0.05) is 19.4 Å². The second-order valence-corrected chi connectivity index (χ2v) is 7.98. The van der Waals surface area contributed by atoms with E-state index >= 15 is 0 Å². The van der Waals surface area contributed by atoms with Gasteiger partial charge in [0.1, 0.15) is 0 Å². The molecule has 1 fully saturated rings.